The maximum absolute atomic E-state index is 11.7. The Morgan fingerprint density at radius 1 is 1.38 bits per heavy atom. The van der Waals surface area contributed by atoms with Crippen LogP contribution in [0.2, 0.25) is 0 Å². The van der Waals surface area contributed by atoms with Crippen LogP contribution in [-0.4, -0.2) is 35.0 Å². The number of carbonyl (C=O) groups is 1. The fourth-order valence-electron chi connectivity index (χ4n) is 2.10. The average molecular weight is 349 g/mol. The van der Waals surface area contributed by atoms with Gasteiger partial charge in [-0.15, -0.1) is 0 Å². The van der Waals surface area contributed by atoms with E-state index in [1.807, 2.05) is 24.3 Å². The first-order valence-electron chi connectivity index (χ1n) is 7.32. The number of benzene rings is 1. The van der Waals surface area contributed by atoms with Gasteiger partial charge in [0.05, 0.1) is 26.0 Å². The molecule has 0 unspecified atom stereocenters. The molecule has 0 atom stereocenters. The largest absolute Gasteiger partial charge is 0.496 e. The van der Waals surface area contributed by atoms with Crippen molar-refractivity contribution in [2.24, 2.45) is 0 Å². The number of nitrogen functional groups attached to an aromatic ring is 1. The van der Waals surface area contributed by atoms with Crippen LogP contribution >= 0.6 is 11.8 Å². The summed E-state index contributed by atoms with van der Waals surface area (Å²) >= 11 is 1.11. The lowest BCUT2D eigenvalue weighted by Crippen LogP contribution is -2.19. The second-order valence-electron chi connectivity index (χ2n) is 4.79. The van der Waals surface area contributed by atoms with E-state index in [0.717, 1.165) is 17.3 Å². The first kappa shape index (κ1) is 17.9. The van der Waals surface area contributed by atoms with Crippen molar-refractivity contribution < 1.29 is 14.3 Å². The molecule has 0 aliphatic carbocycles. The zero-order valence-electron chi connectivity index (χ0n) is 13.5. The summed E-state index contributed by atoms with van der Waals surface area (Å²) in [4.78, 5) is 27.2. The average Bonchev–Trinajstić information content (AvgIpc) is 2.56. The molecular formula is C16H19N3O4S. The maximum atomic E-state index is 11.7. The summed E-state index contributed by atoms with van der Waals surface area (Å²) in [6.45, 7) is 2.41. The van der Waals surface area contributed by atoms with Gasteiger partial charge in [-0.05, 0) is 13.0 Å². The molecule has 1 heterocycles. The summed E-state index contributed by atoms with van der Waals surface area (Å²) in [5.41, 5.74) is 6.41. The summed E-state index contributed by atoms with van der Waals surface area (Å²) in [6.07, 6.45) is 0. The van der Waals surface area contributed by atoms with Crippen LogP contribution in [0.3, 0.4) is 0 Å². The topological polar surface area (TPSA) is 96.4 Å². The van der Waals surface area contributed by atoms with Crippen LogP contribution in [-0.2, 0) is 16.1 Å². The van der Waals surface area contributed by atoms with E-state index in [1.54, 1.807) is 18.6 Å². The van der Waals surface area contributed by atoms with Gasteiger partial charge >= 0.3 is 5.97 Å². The third-order valence-corrected chi connectivity index (χ3v) is 4.12. The van der Waals surface area contributed by atoms with Crippen molar-refractivity contribution in [3.8, 4) is 5.75 Å². The molecule has 0 aliphatic heterocycles. The Morgan fingerprint density at radius 3 is 2.83 bits per heavy atom. The molecule has 0 spiro atoms. The molecule has 2 rings (SSSR count). The lowest BCUT2D eigenvalue weighted by molar-refractivity contribution is -0.139. The van der Waals surface area contributed by atoms with E-state index >= 15 is 0 Å². The third-order valence-electron chi connectivity index (χ3n) is 3.17. The molecule has 2 aromatic rings. The van der Waals surface area contributed by atoms with Gasteiger partial charge in [0.15, 0.2) is 5.16 Å². The Bertz CT molecular complexity index is 776. The van der Waals surface area contributed by atoms with E-state index in [-0.39, 0.29) is 17.5 Å². The Labute approximate surface area is 143 Å². The molecule has 128 valence electrons. The number of ether oxygens (including phenoxy) is 2. The van der Waals surface area contributed by atoms with Crippen LogP contribution in [0.25, 0.3) is 0 Å². The highest BCUT2D eigenvalue weighted by Gasteiger charge is 2.13. The molecule has 7 nitrogen and oxygen atoms in total. The second kappa shape index (κ2) is 8.39. The normalized spacial score (nSPS) is 10.4. The highest BCUT2D eigenvalue weighted by Crippen LogP contribution is 2.23. The predicted octanol–water partition coefficient (Wildman–Crippen LogP) is 1.54. The van der Waals surface area contributed by atoms with Crippen LogP contribution < -0.4 is 16.0 Å². The smallest absolute Gasteiger partial charge is 0.316 e. The van der Waals surface area contributed by atoms with E-state index in [2.05, 4.69) is 4.98 Å². The standard InChI is InChI=1S/C16H19N3O4S/c1-3-23-15(21)10-24-16-18-14(20)8-13(17)19(16)9-11-6-4-5-7-12(11)22-2/h4-8H,3,9-10,17H2,1-2H3. The minimum absolute atomic E-state index is 0.0512. The van der Waals surface area contributed by atoms with Crippen molar-refractivity contribution in [1.82, 2.24) is 9.55 Å². The Balaban J connectivity index is 2.31. The minimum atomic E-state index is -0.449. The zero-order valence-corrected chi connectivity index (χ0v) is 14.3. The number of para-hydroxylation sites is 1. The SMILES string of the molecule is CCOC(=O)CSc1nc(=O)cc(N)n1Cc1ccccc1OC. The molecule has 24 heavy (non-hydrogen) atoms. The zero-order chi connectivity index (χ0) is 17.5. The molecular weight excluding hydrogens is 330 g/mol. The van der Waals surface area contributed by atoms with Gasteiger partial charge in [0.2, 0.25) is 0 Å². The van der Waals surface area contributed by atoms with Gasteiger partial charge in [0.1, 0.15) is 11.6 Å². The molecule has 0 fully saturated rings. The summed E-state index contributed by atoms with van der Waals surface area (Å²) in [5.74, 6) is 0.655. The molecule has 0 saturated carbocycles. The number of esters is 1. The number of aromatic nitrogens is 2. The summed E-state index contributed by atoms with van der Waals surface area (Å²) in [5, 5.41) is 0.360. The lowest BCUT2D eigenvalue weighted by Gasteiger charge is -2.16. The van der Waals surface area contributed by atoms with E-state index in [9.17, 15) is 9.59 Å². The number of methoxy groups -OCH3 is 1. The van der Waals surface area contributed by atoms with E-state index in [1.165, 1.54) is 6.07 Å². The molecule has 1 aromatic heterocycles. The van der Waals surface area contributed by atoms with Crippen LogP contribution in [0.1, 0.15) is 12.5 Å². The van der Waals surface area contributed by atoms with Crippen LogP contribution in [0.5, 0.6) is 5.75 Å². The van der Waals surface area contributed by atoms with E-state index in [0.29, 0.717) is 24.1 Å². The fraction of sp³-hybridized carbons (Fsp3) is 0.312. The molecule has 8 heteroatoms. The summed E-state index contributed by atoms with van der Waals surface area (Å²) < 4.78 is 11.9. The van der Waals surface area contributed by atoms with Crippen molar-refractivity contribution >= 4 is 23.5 Å². The Morgan fingerprint density at radius 2 is 2.12 bits per heavy atom. The number of rotatable bonds is 7. The number of anilines is 1. The Kier molecular flexibility index (Phi) is 6.25. The fourth-order valence-corrected chi connectivity index (χ4v) is 2.91. The van der Waals surface area contributed by atoms with E-state index < -0.39 is 5.56 Å². The first-order valence-corrected chi connectivity index (χ1v) is 8.31. The second-order valence-corrected chi connectivity index (χ2v) is 5.74. The number of nitrogens with zero attached hydrogens (tertiary/aromatic N) is 2. The maximum Gasteiger partial charge on any atom is 0.316 e. The number of hydrogen-bond acceptors (Lipinski definition) is 7. The third kappa shape index (κ3) is 4.51. The van der Waals surface area contributed by atoms with Gasteiger partial charge in [-0.2, -0.15) is 4.98 Å². The van der Waals surface area contributed by atoms with Crippen LogP contribution in [0.4, 0.5) is 5.82 Å². The number of hydrogen-bond donors (Lipinski definition) is 1. The van der Waals surface area contributed by atoms with Crippen molar-refractivity contribution in [2.75, 3.05) is 25.2 Å². The van der Waals surface area contributed by atoms with Gasteiger partial charge in [0, 0.05) is 11.6 Å². The molecule has 0 saturated heterocycles. The van der Waals surface area contributed by atoms with Gasteiger partial charge in [-0.1, -0.05) is 30.0 Å². The van der Waals surface area contributed by atoms with Gasteiger partial charge in [-0.3, -0.25) is 9.59 Å². The van der Waals surface area contributed by atoms with Crippen LogP contribution in [0.15, 0.2) is 40.3 Å². The summed E-state index contributed by atoms with van der Waals surface area (Å²) in [6, 6.07) is 8.74. The highest BCUT2D eigenvalue weighted by molar-refractivity contribution is 7.99. The quantitative estimate of drug-likeness (QED) is 0.460. The first-order chi connectivity index (χ1) is 11.5. The lowest BCUT2D eigenvalue weighted by atomic mass is 10.2. The molecule has 0 bridgehead atoms. The molecule has 1 aromatic carbocycles. The number of thioether (sulfide) groups is 1. The summed E-state index contributed by atoms with van der Waals surface area (Å²) in [7, 11) is 1.59. The predicted molar refractivity (Wildman–Crippen MR) is 92.4 cm³/mol. The molecule has 0 amide bonds. The minimum Gasteiger partial charge on any atom is -0.496 e. The molecule has 2 N–H and O–H groups in total. The molecule has 0 radical (unpaired) electrons. The number of carbonyl (C=O) groups excluding carboxylic acids is 1. The van der Waals surface area contributed by atoms with E-state index in [4.69, 9.17) is 15.2 Å². The number of nitrogens with two attached hydrogens (primary N) is 1. The highest BCUT2D eigenvalue weighted by atomic mass is 32.2. The monoisotopic (exact) mass is 349 g/mol. The Hall–Kier alpha value is -2.48. The van der Waals surface area contributed by atoms with Crippen molar-refractivity contribution in [1.29, 1.82) is 0 Å². The van der Waals surface area contributed by atoms with Crippen LogP contribution in [0, 0.1) is 0 Å². The van der Waals surface area contributed by atoms with Gasteiger partial charge in [0.25, 0.3) is 5.56 Å². The molecule has 0 aliphatic rings. The van der Waals surface area contributed by atoms with Gasteiger partial charge < -0.3 is 19.8 Å². The van der Waals surface area contributed by atoms with Crippen molar-refractivity contribution in [3.05, 3.63) is 46.2 Å². The van der Waals surface area contributed by atoms with Crippen molar-refractivity contribution in [2.45, 2.75) is 18.6 Å². The van der Waals surface area contributed by atoms with Gasteiger partial charge in [-0.25, -0.2) is 0 Å². The van der Waals surface area contributed by atoms with Crippen molar-refractivity contribution in [3.63, 3.8) is 0 Å².